The lowest BCUT2D eigenvalue weighted by atomic mass is 10.00. The number of ether oxygens (including phenoxy) is 1. The van der Waals surface area contributed by atoms with Crippen molar-refractivity contribution < 1.29 is 9.53 Å². The van der Waals surface area contributed by atoms with Crippen LogP contribution in [-0.4, -0.2) is 47.6 Å². The van der Waals surface area contributed by atoms with Gasteiger partial charge in [-0.1, -0.05) is 24.3 Å². The molecule has 28 heavy (non-hydrogen) atoms. The van der Waals surface area contributed by atoms with E-state index in [0.717, 1.165) is 35.2 Å². The second-order valence-electron chi connectivity index (χ2n) is 6.82. The highest BCUT2D eigenvalue weighted by molar-refractivity contribution is 5.91. The second-order valence-corrected chi connectivity index (χ2v) is 6.82. The largest absolute Gasteiger partial charge is 0.496 e. The number of H-pyrrole nitrogens is 1. The van der Waals surface area contributed by atoms with Crippen molar-refractivity contribution >= 4 is 22.6 Å². The normalized spacial score (nSPS) is 14.0. The first-order chi connectivity index (χ1) is 13.8. The van der Waals surface area contributed by atoms with E-state index >= 15 is 0 Å². The van der Waals surface area contributed by atoms with Crippen molar-refractivity contribution in [2.75, 3.05) is 26.7 Å². The molecule has 6 heteroatoms. The molecule has 1 aliphatic rings. The Morgan fingerprint density at radius 3 is 3.00 bits per heavy atom. The molecule has 0 bridgehead atoms. The van der Waals surface area contributed by atoms with Crippen molar-refractivity contribution in [3.63, 3.8) is 0 Å². The average Bonchev–Trinajstić information content (AvgIpc) is 3.18. The number of methoxy groups -OCH3 is 1. The minimum absolute atomic E-state index is 0.0224. The maximum Gasteiger partial charge on any atom is 0.317 e. The zero-order chi connectivity index (χ0) is 19.3. The zero-order valence-corrected chi connectivity index (χ0v) is 15.9. The molecule has 0 saturated heterocycles. The Balaban J connectivity index is 1.33. The van der Waals surface area contributed by atoms with Gasteiger partial charge in [0.1, 0.15) is 11.4 Å². The number of hydrogen-bond donors (Lipinski definition) is 2. The van der Waals surface area contributed by atoms with Crippen LogP contribution < -0.4 is 10.1 Å². The molecule has 0 fully saturated rings. The molecule has 2 N–H and O–H groups in total. The van der Waals surface area contributed by atoms with Gasteiger partial charge in [0, 0.05) is 43.0 Å². The van der Waals surface area contributed by atoms with E-state index in [0.29, 0.717) is 19.6 Å². The Morgan fingerprint density at radius 2 is 2.18 bits per heavy atom. The summed E-state index contributed by atoms with van der Waals surface area (Å²) in [4.78, 5) is 21.9. The Kier molecular flexibility index (Phi) is 5.28. The third-order valence-corrected chi connectivity index (χ3v) is 5.16. The number of aromatic nitrogens is 2. The quantitative estimate of drug-likeness (QED) is 0.715. The van der Waals surface area contributed by atoms with Crippen molar-refractivity contribution in [2.24, 2.45) is 0 Å². The lowest BCUT2D eigenvalue weighted by molar-refractivity contribution is 0.203. The van der Waals surface area contributed by atoms with E-state index in [1.165, 1.54) is 11.1 Å². The molecule has 0 unspecified atom stereocenters. The van der Waals surface area contributed by atoms with Crippen LogP contribution in [-0.2, 0) is 6.42 Å². The number of amides is 2. The summed E-state index contributed by atoms with van der Waals surface area (Å²) in [5.74, 6) is 0.857. The van der Waals surface area contributed by atoms with Crippen LogP contribution in [0.2, 0.25) is 0 Å². The predicted molar refractivity (Wildman–Crippen MR) is 110 cm³/mol. The topological polar surface area (TPSA) is 70.2 Å². The molecule has 3 aromatic rings. The lowest BCUT2D eigenvalue weighted by Gasteiger charge is -2.26. The van der Waals surface area contributed by atoms with Crippen molar-refractivity contribution in [1.29, 1.82) is 0 Å². The predicted octanol–water partition coefficient (Wildman–Crippen LogP) is 3.61. The monoisotopic (exact) mass is 376 g/mol. The number of benzene rings is 1. The number of urea groups is 1. The summed E-state index contributed by atoms with van der Waals surface area (Å²) in [6, 6.07) is 11.9. The molecule has 1 aliphatic heterocycles. The molecule has 144 valence electrons. The Morgan fingerprint density at radius 1 is 1.29 bits per heavy atom. The highest BCUT2D eigenvalue weighted by Crippen LogP contribution is 2.28. The van der Waals surface area contributed by atoms with Crippen molar-refractivity contribution in [3.05, 3.63) is 66.0 Å². The van der Waals surface area contributed by atoms with Crippen molar-refractivity contribution in [2.45, 2.75) is 12.8 Å². The SMILES string of the molecule is COc1ccccc1CCNC(=O)N1CC=C(c2c[nH]c3ncccc23)CC1. The van der Waals surface area contributed by atoms with E-state index in [1.54, 1.807) is 13.3 Å². The Bertz CT molecular complexity index is 1010. The molecule has 2 amide bonds. The molecule has 0 atom stereocenters. The molecule has 0 saturated carbocycles. The van der Waals surface area contributed by atoms with Gasteiger partial charge in [0.2, 0.25) is 0 Å². The van der Waals surface area contributed by atoms with Crippen LogP contribution in [0.1, 0.15) is 17.5 Å². The number of carbonyl (C=O) groups excluding carboxylic acids is 1. The van der Waals surface area contributed by atoms with Gasteiger partial charge >= 0.3 is 6.03 Å². The van der Waals surface area contributed by atoms with Gasteiger partial charge < -0.3 is 19.9 Å². The van der Waals surface area contributed by atoms with Crippen LogP contribution in [0.4, 0.5) is 4.79 Å². The molecular weight excluding hydrogens is 352 g/mol. The van der Waals surface area contributed by atoms with E-state index in [-0.39, 0.29) is 6.03 Å². The maximum atomic E-state index is 12.5. The van der Waals surface area contributed by atoms with Crippen molar-refractivity contribution in [1.82, 2.24) is 20.2 Å². The number of para-hydroxylation sites is 1. The third kappa shape index (κ3) is 3.71. The Labute approximate surface area is 164 Å². The van der Waals surface area contributed by atoms with E-state index in [1.807, 2.05) is 41.4 Å². The van der Waals surface area contributed by atoms with Crippen LogP contribution in [0.5, 0.6) is 5.75 Å². The Hall–Kier alpha value is -3.28. The zero-order valence-electron chi connectivity index (χ0n) is 15.9. The van der Waals surface area contributed by atoms with E-state index < -0.39 is 0 Å². The highest BCUT2D eigenvalue weighted by Gasteiger charge is 2.19. The van der Waals surface area contributed by atoms with E-state index in [2.05, 4.69) is 27.4 Å². The molecule has 2 aromatic heterocycles. The first-order valence-corrected chi connectivity index (χ1v) is 9.52. The summed E-state index contributed by atoms with van der Waals surface area (Å²) >= 11 is 0. The van der Waals surface area contributed by atoms with E-state index in [4.69, 9.17) is 4.74 Å². The first-order valence-electron chi connectivity index (χ1n) is 9.52. The fraction of sp³-hybridized carbons (Fsp3) is 0.273. The molecule has 0 spiro atoms. The third-order valence-electron chi connectivity index (χ3n) is 5.16. The summed E-state index contributed by atoms with van der Waals surface area (Å²) < 4.78 is 5.36. The highest BCUT2D eigenvalue weighted by atomic mass is 16.5. The molecule has 3 heterocycles. The van der Waals surface area contributed by atoms with Gasteiger partial charge in [-0.3, -0.25) is 0 Å². The first kappa shape index (κ1) is 18.1. The second kappa shape index (κ2) is 8.17. The number of carbonyl (C=O) groups is 1. The van der Waals surface area contributed by atoms with Crippen LogP contribution in [0.15, 0.2) is 54.9 Å². The summed E-state index contributed by atoms with van der Waals surface area (Å²) in [6.07, 6.45) is 7.51. The standard InChI is InChI=1S/C22H24N4O2/c1-28-20-7-3-2-5-17(20)8-12-24-22(27)26-13-9-16(10-14-26)19-15-25-21-18(19)6-4-11-23-21/h2-7,9,11,15H,8,10,12-14H2,1H3,(H,23,25)(H,24,27). The van der Waals surface area contributed by atoms with Gasteiger partial charge in [0.05, 0.1) is 7.11 Å². The van der Waals surface area contributed by atoms with E-state index in [9.17, 15) is 4.79 Å². The van der Waals surface area contributed by atoms with Crippen LogP contribution in [0.3, 0.4) is 0 Å². The summed E-state index contributed by atoms with van der Waals surface area (Å²) in [5.41, 5.74) is 4.44. The number of fused-ring (bicyclic) bond motifs is 1. The minimum Gasteiger partial charge on any atom is -0.496 e. The van der Waals surface area contributed by atoms with Gasteiger partial charge in [0.25, 0.3) is 0 Å². The lowest BCUT2D eigenvalue weighted by Crippen LogP contribution is -2.42. The van der Waals surface area contributed by atoms with Crippen LogP contribution in [0, 0.1) is 0 Å². The van der Waals surface area contributed by atoms with Crippen molar-refractivity contribution in [3.8, 4) is 5.75 Å². The summed E-state index contributed by atoms with van der Waals surface area (Å²) in [6.45, 7) is 1.91. The smallest absolute Gasteiger partial charge is 0.317 e. The fourth-order valence-corrected chi connectivity index (χ4v) is 3.65. The fourth-order valence-electron chi connectivity index (χ4n) is 3.65. The van der Waals surface area contributed by atoms with Gasteiger partial charge in [0.15, 0.2) is 0 Å². The van der Waals surface area contributed by atoms with Crippen LogP contribution >= 0.6 is 0 Å². The summed E-state index contributed by atoms with van der Waals surface area (Å²) in [7, 11) is 1.67. The minimum atomic E-state index is -0.0224. The molecule has 0 radical (unpaired) electrons. The summed E-state index contributed by atoms with van der Waals surface area (Å²) in [5, 5.41) is 4.15. The van der Waals surface area contributed by atoms with Crippen LogP contribution in [0.25, 0.3) is 16.6 Å². The molecule has 1 aromatic carbocycles. The number of nitrogens with one attached hydrogen (secondary N) is 2. The molecule has 4 rings (SSSR count). The van der Waals surface area contributed by atoms with Gasteiger partial charge in [-0.25, -0.2) is 9.78 Å². The number of rotatable bonds is 5. The number of aromatic amines is 1. The maximum absolute atomic E-state index is 12.5. The number of pyridine rings is 1. The average molecular weight is 376 g/mol. The van der Waals surface area contributed by atoms with Gasteiger partial charge in [-0.05, 0) is 42.2 Å². The molecule has 0 aliphatic carbocycles. The van der Waals surface area contributed by atoms with Gasteiger partial charge in [-0.2, -0.15) is 0 Å². The molecule has 6 nitrogen and oxygen atoms in total. The number of hydrogen-bond acceptors (Lipinski definition) is 3. The molecular formula is C22H24N4O2. The number of nitrogens with zero attached hydrogens (tertiary/aromatic N) is 2. The van der Waals surface area contributed by atoms with Gasteiger partial charge in [-0.15, -0.1) is 0 Å².